The monoisotopic (exact) mass is 436 g/mol. The van der Waals surface area contributed by atoms with Crippen molar-refractivity contribution < 1.29 is 8.42 Å². The number of para-hydroxylation sites is 1. The first-order chi connectivity index (χ1) is 15.1. The van der Waals surface area contributed by atoms with Gasteiger partial charge in [0.1, 0.15) is 0 Å². The first kappa shape index (κ1) is 20.8. The molecule has 2 aromatic carbocycles. The van der Waals surface area contributed by atoms with Gasteiger partial charge in [-0.15, -0.1) is 0 Å². The molecule has 1 aliphatic carbocycles. The van der Waals surface area contributed by atoms with Gasteiger partial charge in [-0.1, -0.05) is 68.5 Å². The molecule has 0 radical (unpaired) electrons. The molecule has 1 aromatic heterocycles. The van der Waals surface area contributed by atoms with E-state index in [9.17, 15) is 8.42 Å². The normalized spacial score (nSPS) is 19.7. The zero-order valence-electron chi connectivity index (χ0n) is 18.1. The molecule has 0 unspecified atom stereocenters. The third-order valence-corrected chi connectivity index (χ3v) is 9.13. The van der Waals surface area contributed by atoms with Gasteiger partial charge in [-0.25, -0.2) is 8.42 Å². The van der Waals surface area contributed by atoms with Crippen molar-refractivity contribution in [2.75, 3.05) is 13.1 Å². The second kappa shape index (κ2) is 8.79. The number of piperidine rings is 1. The fourth-order valence-corrected chi connectivity index (χ4v) is 7.08. The molecule has 2 fully saturated rings. The van der Waals surface area contributed by atoms with Crippen LogP contribution in [0.15, 0.2) is 65.6 Å². The summed E-state index contributed by atoms with van der Waals surface area (Å²) < 4.78 is 30.3. The minimum atomic E-state index is -3.41. The average molecular weight is 437 g/mol. The van der Waals surface area contributed by atoms with Gasteiger partial charge >= 0.3 is 0 Å². The van der Waals surface area contributed by atoms with Crippen LogP contribution in [0.2, 0.25) is 0 Å². The molecule has 31 heavy (non-hydrogen) atoms. The van der Waals surface area contributed by atoms with Crippen molar-refractivity contribution in [3.05, 3.63) is 66.4 Å². The van der Waals surface area contributed by atoms with E-state index in [0.29, 0.717) is 24.0 Å². The summed E-state index contributed by atoms with van der Waals surface area (Å²) in [5, 5.41) is 1.31. The van der Waals surface area contributed by atoms with Crippen LogP contribution >= 0.6 is 0 Å². The van der Waals surface area contributed by atoms with E-state index in [1.807, 2.05) is 6.07 Å². The van der Waals surface area contributed by atoms with Crippen molar-refractivity contribution in [1.82, 2.24) is 8.87 Å². The molecule has 2 aliphatic rings. The number of hydrogen-bond donors (Lipinski definition) is 0. The van der Waals surface area contributed by atoms with E-state index >= 15 is 0 Å². The quantitative estimate of drug-likeness (QED) is 0.508. The number of nitrogens with zero attached hydrogens (tertiary/aromatic N) is 2. The smallest absolute Gasteiger partial charge is 0.243 e. The second-order valence-corrected chi connectivity index (χ2v) is 11.2. The minimum absolute atomic E-state index is 0.362. The lowest BCUT2D eigenvalue weighted by molar-refractivity contribution is 0.270. The van der Waals surface area contributed by atoms with Crippen molar-refractivity contribution in [2.24, 2.45) is 5.92 Å². The molecule has 164 valence electrons. The molecular weight excluding hydrogens is 404 g/mol. The third kappa shape index (κ3) is 4.18. The molecule has 3 aromatic rings. The van der Waals surface area contributed by atoms with Crippen LogP contribution in [-0.2, 0) is 16.4 Å². The Labute approximate surface area is 185 Å². The molecule has 0 bridgehead atoms. The highest BCUT2D eigenvalue weighted by Gasteiger charge is 2.31. The lowest BCUT2D eigenvalue weighted by Crippen LogP contribution is -2.39. The standard InChI is InChI=1S/C26H32N2O2S/c29-31(30,25-12-5-2-6-13-25)27-17-15-23(16-18-27)28-24(19-21-9-3-1-4-10-21)20-22-11-7-8-14-26(22)28/h2,5-8,11-14,20-21,23H,1,3-4,9-10,15-19H2. The Morgan fingerprint density at radius 1 is 0.806 bits per heavy atom. The number of fused-ring (bicyclic) bond motifs is 1. The van der Waals surface area contributed by atoms with Gasteiger partial charge in [-0.2, -0.15) is 4.31 Å². The Balaban J connectivity index is 1.38. The van der Waals surface area contributed by atoms with Crippen LogP contribution in [0.4, 0.5) is 0 Å². The van der Waals surface area contributed by atoms with Crippen molar-refractivity contribution in [3.63, 3.8) is 0 Å². The maximum atomic E-state index is 13.0. The highest BCUT2D eigenvalue weighted by Crippen LogP contribution is 2.35. The van der Waals surface area contributed by atoms with E-state index in [1.54, 1.807) is 28.6 Å². The van der Waals surface area contributed by atoms with Crippen LogP contribution in [0.5, 0.6) is 0 Å². The van der Waals surface area contributed by atoms with Gasteiger partial charge in [0.05, 0.1) is 4.90 Å². The molecule has 2 heterocycles. The summed E-state index contributed by atoms with van der Waals surface area (Å²) >= 11 is 0. The van der Waals surface area contributed by atoms with Gasteiger partial charge in [0.25, 0.3) is 0 Å². The predicted octanol–water partition coefficient (Wildman–Crippen LogP) is 5.79. The molecule has 1 aliphatic heterocycles. The van der Waals surface area contributed by atoms with Crippen molar-refractivity contribution >= 4 is 20.9 Å². The zero-order valence-corrected chi connectivity index (χ0v) is 18.9. The molecular formula is C26H32N2O2S. The number of sulfonamides is 1. The van der Waals surface area contributed by atoms with Gasteiger partial charge in [0, 0.05) is 30.3 Å². The Morgan fingerprint density at radius 2 is 1.48 bits per heavy atom. The first-order valence-electron chi connectivity index (χ1n) is 11.8. The first-order valence-corrected chi connectivity index (χ1v) is 13.2. The van der Waals surface area contributed by atoms with E-state index in [1.165, 1.54) is 48.7 Å². The molecule has 0 atom stereocenters. The fourth-order valence-electron chi connectivity index (χ4n) is 5.59. The summed E-state index contributed by atoms with van der Waals surface area (Å²) in [7, 11) is -3.41. The van der Waals surface area contributed by atoms with Crippen LogP contribution in [0.25, 0.3) is 10.9 Å². The van der Waals surface area contributed by atoms with E-state index in [4.69, 9.17) is 0 Å². The zero-order chi connectivity index (χ0) is 21.3. The van der Waals surface area contributed by atoms with Crippen LogP contribution in [-0.4, -0.2) is 30.4 Å². The largest absolute Gasteiger partial charge is 0.341 e. The maximum absolute atomic E-state index is 13.0. The third-order valence-electron chi connectivity index (χ3n) is 7.22. The van der Waals surface area contributed by atoms with Gasteiger partial charge in [-0.05, 0) is 54.8 Å². The molecule has 1 saturated carbocycles. The number of aromatic nitrogens is 1. The highest BCUT2D eigenvalue weighted by atomic mass is 32.2. The van der Waals surface area contributed by atoms with Crippen molar-refractivity contribution in [1.29, 1.82) is 0 Å². The summed E-state index contributed by atoms with van der Waals surface area (Å²) in [5.74, 6) is 0.787. The summed E-state index contributed by atoms with van der Waals surface area (Å²) in [6, 6.07) is 20.3. The molecule has 4 nitrogen and oxygen atoms in total. The van der Waals surface area contributed by atoms with Gasteiger partial charge in [0.2, 0.25) is 10.0 Å². The van der Waals surface area contributed by atoms with Crippen LogP contribution in [0.3, 0.4) is 0 Å². The van der Waals surface area contributed by atoms with Gasteiger partial charge < -0.3 is 4.57 Å². The average Bonchev–Trinajstić information content (AvgIpc) is 3.18. The van der Waals surface area contributed by atoms with E-state index < -0.39 is 10.0 Å². The van der Waals surface area contributed by atoms with Crippen molar-refractivity contribution in [3.8, 4) is 0 Å². The molecule has 0 spiro atoms. The van der Waals surface area contributed by atoms with Gasteiger partial charge in [0.15, 0.2) is 0 Å². The molecule has 1 saturated heterocycles. The molecule has 5 rings (SSSR count). The SMILES string of the molecule is O=S(=O)(c1ccccc1)N1CCC(n2c(CC3CCCCC3)cc3ccccc32)CC1. The minimum Gasteiger partial charge on any atom is -0.341 e. The Hall–Kier alpha value is -2.11. The number of hydrogen-bond acceptors (Lipinski definition) is 2. The van der Waals surface area contributed by atoms with Crippen LogP contribution in [0, 0.1) is 5.92 Å². The Kier molecular flexibility index (Phi) is 5.89. The van der Waals surface area contributed by atoms with Crippen molar-refractivity contribution in [2.45, 2.75) is 62.3 Å². The summed E-state index contributed by atoms with van der Waals surface area (Å²) in [5.41, 5.74) is 2.75. The lowest BCUT2D eigenvalue weighted by atomic mass is 9.86. The topological polar surface area (TPSA) is 42.3 Å². The fraction of sp³-hybridized carbons (Fsp3) is 0.462. The highest BCUT2D eigenvalue weighted by molar-refractivity contribution is 7.89. The van der Waals surface area contributed by atoms with Gasteiger partial charge in [-0.3, -0.25) is 0 Å². The molecule has 0 N–H and O–H groups in total. The number of benzene rings is 2. The molecule has 0 amide bonds. The summed E-state index contributed by atoms with van der Waals surface area (Å²) in [4.78, 5) is 0.401. The Bertz CT molecular complexity index is 1120. The van der Waals surface area contributed by atoms with E-state index in [0.717, 1.165) is 25.2 Å². The second-order valence-electron chi connectivity index (χ2n) is 9.22. The lowest BCUT2D eigenvalue weighted by Gasteiger charge is -2.34. The van der Waals surface area contributed by atoms with E-state index in [2.05, 4.69) is 34.9 Å². The predicted molar refractivity (Wildman–Crippen MR) is 126 cm³/mol. The molecule has 5 heteroatoms. The summed E-state index contributed by atoms with van der Waals surface area (Å²) in [6.45, 7) is 1.16. The van der Waals surface area contributed by atoms with Crippen LogP contribution in [0.1, 0.15) is 56.7 Å². The number of rotatable bonds is 5. The van der Waals surface area contributed by atoms with E-state index in [-0.39, 0.29) is 0 Å². The summed E-state index contributed by atoms with van der Waals surface area (Å²) in [6.07, 6.45) is 9.67. The van der Waals surface area contributed by atoms with Crippen LogP contribution < -0.4 is 0 Å². The Morgan fingerprint density at radius 3 is 2.23 bits per heavy atom. The maximum Gasteiger partial charge on any atom is 0.243 e.